The number of benzene rings is 2. The average Bonchev–Trinajstić information content (AvgIpc) is 3.10. The molecule has 0 aliphatic carbocycles. The van der Waals surface area contributed by atoms with E-state index < -0.39 is 10.0 Å². The third kappa shape index (κ3) is 4.44. The lowest BCUT2D eigenvalue weighted by Crippen LogP contribution is -2.30. The van der Waals surface area contributed by atoms with Crippen molar-refractivity contribution < 1.29 is 22.4 Å². The molecule has 3 aromatic rings. The van der Waals surface area contributed by atoms with Gasteiger partial charge in [-0.25, -0.2) is 8.42 Å². The van der Waals surface area contributed by atoms with Crippen LogP contribution in [0.2, 0.25) is 0 Å². The van der Waals surface area contributed by atoms with Gasteiger partial charge in [0.05, 0.1) is 24.7 Å². The standard InChI is InChI=1S/C21H24N2O5S/c1-4-23(5-2)29(25,26)18-9-6-16(7-10-18)22-21(24)12-15-14-28-20-13-17(27-3)8-11-19(15)20/h6-11,13-14H,4-5,12H2,1-3H3,(H,22,24). The Morgan fingerprint density at radius 2 is 1.79 bits per heavy atom. The minimum Gasteiger partial charge on any atom is -0.497 e. The van der Waals surface area contributed by atoms with E-state index in [4.69, 9.17) is 9.15 Å². The van der Waals surface area contributed by atoms with Crippen LogP contribution in [0.25, 0.3) is 11.0 Å². The third-order valence-corrected chi connectivity index (χ3v) is 6.76. The maximum absolute atomic E-state index is 12.5. The summed E-state index contributed by atoms with van der Waals surface area (Å²) in [6, 6.07) is 11.6. The fourth-order valence-corrected chi connectivity index (χ4v) is 4.59. The molecule has 0 saturated carbocycles. The van der Waals surface area contributed by atoms with Crippen LogP contribution in [0.5, 0.6) is 5.75 Å². The summed E-state index contributed by atoms with van der Waals surface area (Å²) in [4.78, 5) is 12.6. The predicted octanol–water partition coefficient (Wildman–Crippen LogP) is 3.65. The van der Waals surface area contributed by atoms with Gasteiger partial charge >= 0.3 is 0 Å². The van der Waals surface area contributed by atoms with Crippen LogP contribution in [0.4, 0.5) is 5.69 Å². The second-order valence-electron chi connectivity index (χ2n) is 6.46. The monoisotopic (exact) mass is 416 g/mol. The lowest BCUT2D eigenvalue weighted by molar-refractivity contribution is -0.115. The number of nitrogens with one attached hydrogen (secondary N) is 1. The average molecular weight is 416 g/mol. The topological polar surface area (TPSA) is 88.9 Å². The zero-order chi connectivity index (χ0) is 21.0. The Kier molecular flexibility index (Phi) is 6.24. The van der Waals surface area contributed by atoms with Crippen molar-refractivity contribution in [2.75, 3.05) is 25.5 Å². The van der Waals surface area contributed by atoms with Crippen LogP contribution in [0.3, 0.4) is 0 Å². The van der Waals surface area contributed by atoms with Crippen LogP contribution >= 0.6 is 0 Å². The van der Waals surface area contributed by atoms with Gasteiger partial charge in [-0.05, 0) is 36.4 Å². The van der Waals surface area contributed by atoms with E-state index in [2.05, 4.69) is 5.32 Å². The smallest absolute Gasteiger partial charge is 0.243 e. The van der Waals surface area contributed by atoms with E-state index in [0.717, 1.165) is 10.9 Å². The molecule has 0 saturated heterocycles. The van der Waals surface area contributed by atoms with Gasteiger partial charge in [-0.15, -0.1) is 0 Å². The molecule has 29 heavy (non-hydrogen) atoms. The Bertz CT molecular complexity index is 1100. The van der Waals surface area contributed by atoms with E-state index in [0.29, 0.717) is 30.1 Å². The van der Waals surface area contributed by atoms with Crippen molar-refractivity contribution in [3.05, 3.63) is 54.3 Å². The Morgan fingerprint density at radius 1 is 1.10 bits per heavy atom. The van der Waals surface area contributed by atoms with Crippen molar-refractivity contribution in [1.29, 1.82) is 0 Å². The number of anilines is 1. The second kappa shape index (κ2) is 8.67. The molecule has 8 heteroatoms. The third-order valence-electron chi connectivity index (χ3n) is 4.70. The number of rotatable bonds is 8. The molecule has 0 radical (unpaired) electrons. The predicted molar refractivity (Wildman–Crippen MR) is 112 cm³/mol. The number of methoxy groups -OCH3 is 1. The highest BCUT2D eigenvalue weighted by atomic mass is 32.2. The van der Waals surface area contributed by atoms with E-state index in [1.807, 2.05) is 12.1 Å². The summed E-state index contributed by atoms with van der Waals surface area (Å²) in [6.07, 6.45) is 1.70. The number of carbonyl (C=O) groups excluding carboxylic acids is 1. The highest BCUT2D eigenvalue weighted by molar-refractivity contribution is 7.89. The fourth-order valence-electron chi connectivity index (χ4n) is 3.13. The lowest BCUT2D eigenvalue weighted by atomic mass is 10.1. The molecule has 0 spiro atoms. The number of furan rings is 1. The molecular weight excluding hydrogens is 392 g/mol. The maximum Gasteiger partial charge on any atom is 0.243 e. The molecule has 0 aliphatic heterocycles. The Labute approximate surface area is 170 Å². The van der Waals surface area contributed by atoms with Crippen LogP contribution in [-0.4, -0.2) is 38.8 Å². The zero-order valence-corrected chi connectivity index (χ0v) is 17.5. The van der Waals surface area contributed by atoms with Crippen LogP contribution < -0.4 is 10.1 Å². The number of nitrogens with zero attached hydrogens (tertiary/aromatic N) is 1. The Morgan fingerprint density at radius 3 is 2.41 bits per heavy atom. The van der Waals surface area contributed by atoms with Crippen LogP contribution in [0, 0.1) is 0 Å². The van der Waals surface area contributed by atoms with Crippen molar-refractivity contribution >= 4 is 32.6 Å². The van der Waals surface area contributed by atoms with Gasteiger partial charge in [-0.3, -0.25) is 4.79 Å². The summed E-state index contributed by atoms with van der Waals surface area (Å²) in [6.45, 7) is 4.40. The van der Waals surface area contributed by atoms with Gasteiger partial charge in [0, 0.05) is 35.8 Å². The molecule has 2 aromatic carbocycles. The number of ether oxygens (including phenoxy) is 1. The molecule has 154 valence electrons. The molecule has 0 fully saturated rings. The summed E-state index contributed by atoms with van der Waals surface area (Å²) in [5.74, 6) is 0.463. The van der Waals surface area contributed by atoms with Crippen molar-refractivity contribution in [2.45, 2.75) is 25.2 Å². The first-order valence-corrected chi connectivity index (χ1v) is 10.8. The number of sulfonamides is 1. The molecule has 1 aromatic heterocycles. The van der Waals surface area contributed by atoms with Gasteiger partial charge in [0.25, 0.3) is 0 Å². The Hall–Kier alpha value is -2.84. The zero-order valence-electron chi connectivity index (χ0n) is 16.6. The highest BCUT2D eigenvalue weighted by Gasteiger charge is 2.21. The maximum atomic E-state index is 12.5. The van der Waals surface area contributed by atoms with E-state index in [-0.39, 0.29) is 17.2 Å². The highest BCUT2D eigenvalue weighted by Crippen LogP contribution is 2.26. The molecular formula is C21H24N2O5S. The van der Waals surface area contributed by atoms with Gasteiger partial charge in [0.15, 0.2) is 0 Å². The summed E-state index contributed by atoms with van der Waals surface area (Å²) >= 11 is 0. The van der Waals surface area contributed by atoms with Gasteiger partial charge in [-0.2, -0.15) is 4.31 Å². The van der Waals surface area contributed by atoms with Crippen molar-refractivity contribution in [3.8, 4) is 5.75 Å². The number of hydrogen-bond donors (Lipinski definition) is 1. The number of hydrogen-bond acceptors (Lipinski definition) is 5. The second-order valence-corrected chi connectivity index (χ2v) is 8.40. The largest absolute Gasteiger partial charge is 0.497 e. The van der Waals surface area contributed by atoms with Crippen molar-refractivity contribution in [2.24, 2.45) is 0 Å². The lowest BCUT2D eigenvalue weighted by Gasteiger charge is -2.18. The fraction of sp³-hybridized carbons (Fsp3) is 0.286. The number of amides is 1. The molecule has 0 unspecified atom stereocenters. The number of carbonyl (C=O) groups is 1. The quantitative estimate of drug-likeness (QED) is 0.605. The molecule has 0 atom stereocenters. The molecule has 1 N–H and O–H groups in total. The van der Waals surface area contributed by atoms with Crippen LogP contribution in [0.1, 0.15) is 19.4 Å². The van der Waals surface area contributed by atoms with Gasteiger partial charge in [-0.1, -0.05) is 13.8 Å². The SMILES string of the molecule is CCN(CC)S(=O)(=O)c1ccc(NC(=O)Cc2coc3cc(OC)ccc23)cc1. The van der Waals surface area contributed by atoms with Crippen LogP contribution in [0.15, 0.2) is 58.0 Å². The first kappa shape index (κ1) is 20.9. The number of fused-ring (bicyclic) bond motifs is 1. The molecule has 0 bridgehead atoms. The van der Waals surface area contributed by atoms with Crippen molar-refractivity contribution in [1.82, 2.24) is 4.31 Å². The molecule has 1 amide bonds. The minimum absolute atomic E-state index is 0.138. The first-order valence-electron chi connectivity index (χ1n) is 9.33. The summed E-state index contributed by atoms with van der Waals surface area (Å²) in [7, 11) is -1.94. The van der Waals surface area contributed by atoms with E-state index >= 15 is 0 Å². The van der Waals surface area contributed by atoms with E-state index in [1.165, 1.54) is 16.4 Å². The normalized spacial score (nSPS) is 11.7. The van der Waals surface area contributed by atoms with Gasteiger partial charge in [0.1, 0.15) is 11.3 Å². The van der Waals surface area contributed by atoms with Crippen LogP contribution in [-0.2, 0) is 21.2 Å². The molecule has 0 aliphatic rings. The summed E-state index contributed by atoms with van der Waals surface area (Å²) in [5, 5.41) is 3.64. The van der Waals surface area contributed by atoms with E-state index in [1.54, 1.807) is 45.4 Å². The first-order chi connectivity index (χ1) is 13.9. The van der Waals surface area contributed by atoms with Gasteiger partial charge < -0.3 is 14.5 Å². The molecule has 1 heterocycles. The molecule has 3 rings (SSSR count). The van der Waals surface area contributed by atoms with Crippen molar-refractivity contribution in [3.63, 3.8) is 0 Å². The summed E-state index contributed by atoms with van der Waals surface area (Å²) < 4.78 is 37.1. The summed E-state index contributed by atoms with van der Waals surface area (Å²) in [5.41, 5.74) is 1.95. The Balaban J connectivity index is 1.70. The minimum atomic E-state index is -3.52. The van der Waals surface area contributed by atoms with Gasteiger partial charge in [0.2, 0.25) is 15.9 Å². The molecule has 7 nitrogen and oxygen atoms in total. The van der Waals surface area contributed by atoms with E-state index in [9.17, 15) is 13.2 Å².